The highest BCUT2D eigenvalue weighted by Gasteiger charge is 2.37. The van der Waals surface area contributed by atoms with E-state index in [0.717, 1.165) is 6.20 Å². The molecule has 2 aromatic rings. The molecule has 0 saturated heterocycles. The standard InChI is InChI=1S/C17H12ClF6N5O/c18-12-3-9(5-27-6-12)13(15(26)30)7-28-29-14(25)8-1-10(16(19,20)21)4-11(2-8)17(22,23)24/h1-7,28H,(H2,25,29)(H2,26,30)/b13-7+. The largest absolute Gasteiger partial charge is 0.416 e. The van der Waals surface area contributed by atoms with Crippen molar-refractivity contribution >= 4 is 28.9 Å². The second-order valence-corrected chi connectivity index (χ2v) is 6.17. The molecule has 13 heteroatoms. The van der Waals surface area contributed by atoms with Crippen LogP contribution in [-0.2, 0) is 17.1 Å². The van der Waals surface area contributed by atoms with E-state index >= 15 is 0 Å². The van der Waals surface area contributed by atoms with Gasteiger partial charge in [-0.1, -0.05) is 11.6 Å². The van der Waals surface area contributed by atoms with E-state index in [4.69, 9.17) is 23.1 Å². The number of carbonyl (C=O) groups excluding carboxylic acids is 1. The fourth-order valence-electron chi connectivity index (χ4n) is 2.19. The normalized spacial score (nSPS) is 13.3. The summed E-state index contributed by atoms with van der Waals surface area (Å²) in [5.74, 6) is -1.63. The maximum atomic E-state index is 12.9. The number of hydrogen-bond donors (Lipinski definition) is 3. The lowest BCUT2D eigenvalue weighted by atomic mass is 10.0. The highest BCUT2D eigenvalue weighted by atomic mass is 35.5. The van der Waals surface area contributed by atoms with Gasteiger partial charge in [-0.3, -0.25) is 15.2 Å². The molecule has 0 aliphatic heterocycles. The predicted molar refractivity (Wildman–Crippen MR) is 96.7 cm³/mol. The number of hydrazone groups is 1. The van der Waals surface area contributed by atoms with Crippen LogP contribution in [0.15, 0.2) is 48.0 Å². The number of hydrogen-bond acceptors (Lipinski definition) is 4. The van der Waals surface area contributed by atoms with Gasteiger partial charge in [0, 0.05) is 29.7 Å². The lowest BCUT2D eigenvalue weighted by Crippen LogP contribution is -2.21. The van der Waals surface area contributed by atoms with E-state index in [2.05, 4.69) is 15.5 Å². The number of amides is 1. The van der Waals surface area contributed by atoms with Gasteiger partial charge < -0.3 is 11.5 Å². The minimum Gasteiger partial charge on any atom is -0.382 e. The second-order valence-electron chi connectivity index (χ2n) is 5.73. The summed E-state index contributed by atoms with van der Waals surface area (Å²) in [6.45, 7) is 0. The van der Waals surface area contributed by atoms with Crippen LogP contribution >= 0.6 is 11.6 Å². The molecule has 6 nitrogen and oxygen atoms in total. The van der Waals surface area contributed by atoms with Crippen LogP contribution in [0.25, 0.3) is 5.57 Å². The number of benzene rings is 1. The van der Waals surface area contributed by atoms with Crippen molar-refractivity contribution in [3.63, 3.8) is 0 Å². The number of alkyl halides is 6. The molecule has 160 valence electrons. The van der Waals surface area contributed by atoms with Crippen LogP contribution in [0.4, 0.5) is 26.3 Å². The molecule has 1 aromatic carbocycles. The molecule has 30 heavy (non-hydrogen) atoms. The van der Waals surface area contributed by atoms with Gasteiger partial charge in [0.15, 0.2) is 5.84 Å². The number of carbonyl (C=O) groups is 1. The van der Waals surface area contributed by atoms with Crippen LogP contribution in [0.1, 0.15) is 22.3 Å². The average molecular weight is 452 g/mol. The van der Waals surface area contributed by atoms with Crippen LogP contribution < -0.4 is 16.9 Å². The Morgan fingerprint density at radius 1 is 0.967 bits per heavy atom. The van der Waals surface area contributed by atoms with Gasteiger partial charge in [-0.25, -0.2) is 0 Å². The van der Waals surface area contributed by atoms with Crippen LogP contribution in [0.3, 0.4) is 0 Å². The lowest BCUT2D eigenvalue weighted by Gasteiger charge is -2.14. The number of primary amides is 1. The summed E-state index contributed by atoms with van der Waals surface area (Å²) in [4.78, 5) is 15.3. The van der Waals surface area contributed by atoms with Gasteiger partial charge in [0.05, 0.1) is 21.7 Å². The minimum atomic E-state index is -5.04. The molecule has 1 aromatic heterocycles. The summed E-state index contributed by atoms with van der Waals surface area (Å²) < 4.78 is 77.6. The summed E-state index contributed by atoms with van der Waals surface area (Å²) >= 11 is 5.77. The van der Waals surface area contributed by atoms with Gasteiger partial charge in [-0.15, -0.1) is 0 Å². The molecule has 0 fully saturated rings. The van der Waals surface area contributed by atoms with Crippen molar-refractivity contribution in [3.8, 4) is 0 Å². The molecular formula is C17H12ClF6N5O. The maximum Gasteiger partial charge on any atom is 0.416 e. The molecule has 1 heterocycles. The monoisotopic (exact) mass is 451 g/mol. The molecule has 0 aliphatic rings. The highest BCUT2D eigenvalue weighted by Crippen LogP contribution is 2.36. The Hall–Kier alpha value is -3.28. The molecule has 0 aliphatic carbocycles. The summed E-state index contributed by atoms with van der Waals surface area (Å²) in [6.07, 6.45) is -6.59. The zero-order chi connectivity index (χ0) is 22.7. The van der Waals surface area contributed by atoms with E-state index in [1.165, 1.54) is 18.5 Å². The van der Waals surface area contributed by atoms with Crippen LogP contribution in [0.2, 0.25) is 5.02 Å². The number of rotatable bonds is 5. The average Bonchev–Trinajstić information content (AvgIpc) is 2.63. The molecule has 0 atom stereocenters. The molecule has 0 saturated carbocycles. The molecule has 0 radical (unpaired) electrons. The Morgan fingerprint density at radius 2 is 1.53 bits per heavy atom. The number of aromatic nitrogens is 1. The zero-order valence-corrected chi connectivity index (χ0v) is 15.4. The number of nitrogens with two attached hydrogens (primary N) is 2. The Bertz CT molecular complexity index is 984. The first-order chi connectivity index (χ1) is 13.8. The Labute approximate surface area is 170 Å². The van der Waals surface area contributed by atoms with Crippen molar-refractivity contribution in [3.05, 3.63) is 70.1 Å². The number of halogens is 7. The first-order valence-electron chi connectivity index (χ1n) is 7.78. The van der Waals surface area contributed by atoms with Crippen molar-refractivity contribution in [2.75, 3.05) is 0 Å². The van der Waals surface area contributed by atoms with Crippen molar-refractivity contribution in [1.82, 2.24) is 10.4 Å². The third-order valence-electron chi connectivity index (χ3n) is 3.56. The van der Waals surface area contributed by atoms with Gasteiger partial charge in [-0.2, -0.15) is 31.4 Å². The maximum absolute atomic E-state index is 12.9. The van der Waals surface area contributed by atoms with Gasteiger partial charge in [0.25, 0.3) is 5.91 Å². The highest BCUT2D eigenvalue weighted by molar-refractivity contribution is 6.31. The van der Waals surface area contributed by atoms with Crippen LogP contribution in [0, 0.1) is 0 Å². The van der Waals surface area contributed by atoms with E-state index in [0.29, 0.717) is 12.1 Å². The van der Waals surface area contributed by atoms with E-state index in [9.17, 15) is 31.1 Å². The van der Waals surface area contributed by atoms with E-state index in [1.54, 1.807) is 0 Å². The third-order valence-corrected chi connectivity index (χ3v) is 3.77. The molecule has 0 spiro atoms. The third kappa shape index (κ3) is 5.86. The number of amidine groups is 1. The number of nitrogens with one attached hydrogen (secondary N) is 1. The Morgan fingerprint density at radius 3 is 2.00 bits per heavy atom. The van der Waals surface area contributed by atoms with E-state index < -0.39 is 40.8 Å². The molecule has 1 amide bonds. The van der Waals surface area contributed by atoms with Gasteiger partial charge >= 0.3 is 12.4 Å². The topological polar surface area (TPSA) is 106 Å². The number of pyridine rings is 1. The van der Waals surface area contributed by atoms with Crippen LogP contribution in [0.5, 0.6) is 0 Å². The molecule has 0 unspecified atom stereocenters. The van der Waals surface area contributed by atoms with Gasteiger partial charge in [0.2, 0.25) is 0 Å². The van der Waals surface area contributed by atoms with Gasteiger partial charge in [0.1, 0.15) is 0 Å². The molecule has 0 bridgehead atoms. The SMILES string of the molecule is NC(=O)/C(=C/N/N=C(\N)c1cc(C(F)(F)F)cc(C(F)(F)F)c1)c1cncc(Cl)c1. The predicted octanol–water partition coefficient (Wildman–Crippen LogP) is 3.51. The number of nitrogens with zero attached hydrogens (tertiary/aromatic N) is 2. The Balaban J connectivity index is 2.40. The fourth-order valence-corrected chi connectivity index (χ4v) is 2.36. The Kier molecular flexibility index (Phi) is 6.60. The van der Waals surface area contributed by atoms with Crippen molar-refractivity contribution in [1.29, 1.82) is 0 Å². The molecule has 5 N–H and O–H groups in total. The zero-order valence-electron chi connectivity index (χ0n) is 14.6. The smallest absolute Gasteiger partial charge is 0.382 e. The summed E-state index contributed by atoms with van der Waals surface area (Å²) in [7, 11) is 0. The minimum absolute atomic E-state index is 0.0402. The molecule has 2 rings (SSSR count). The van der Waals surface area contributed by atoms with E-state index in [-0.39, 0.29) is 22.2 Å². The second kappa shape index (κ2) is 8.61. The van der Waals surface area contributed by atoms with Crippen molar-refractivity contribution in [2.24, 2.45) is 16.6 Å². The van der Waals surface area contributed by atoms with Crippen molar-refractivity contribution in [2.45, 2.75) is 12.4 Å². The quantitative estimate of drug-likeness (QED) is 0.213. The first kappa shape index (κ1) is 23.0. The van der Waals surface area contributed by atoms with Crippen LogP contribution in [-0.4, -0.2) is 16.7 Å². The summed E-state index contributed by atoms with van der Waals surface area (Å²) in [5.41, 5.74) is 9.20. The lowest BCUT2D eigenvalue weighted by molar-refractivity contribution is -0.143. The fraction of sp³-hybridized carbons (Fsp3) is 0.118. The molecular weight excluding hydrogens is 440 g/mol. The summed E-state index contributed by atoms with van der Waals surface area (Å²) in [5, 5.41) is 3.67. The first-order valence-corrected chi connectivity index (χ1v) is 8.16. The van der Waals surface area contributed by atoms with E-state index in [1.807, 2.05) is 0 Å². The van der Waals surface area contributed by atoms with Gasteiger partial charge in [-0.05, 0) is 24.3 Å². The van der Waals surface area contributed by atoms with Crippen molar-refractivity contribution < 1.29 is 31.1 Å². The summed E-state index contributed by atoms with van der Waals surface area (Å²) in [6, 6.07) is 2.13.